The lowest BCUT2D eigenvalue weighted by Gasteiger charge is -2.22. The normalized spacial score (nSPS) is 11.8. The summed E-state index contributed by atoms with van der Waals surface area (Å²) in [5.41, 5.74) is 7.54. The third kappa shape index (κ3) is 3.61. The van der Waals surface area contributed by atoms with E-state index in [4.69, 9.17) is 21.1 Å². The number of hydrogen-bond acceptors (Lipinski definition) is 5. The van der Waals surface area contributed by atoms with Crippen LogP contribution in [0.15, 0.2) is 18.2 Å². The van der Waals surface area contributed by atoms with E-state index in [-0.39, 0.29) is 5.92 Å². The molecule has 20 heavy (non-hydrogen) atoms. The summed E-state index contributed by atoms with van der Waals surface area (Å²) in [6.45, 7) is 3.65. The van der Waals surface area contributed by atoms with Gasteiger partial charge in [0.05, 0.1) is 7.11 Å². The number of amides is 2. The van der Waals surface area contributed by atoms with Crippen molar-refractivity contribution in [2.45, 2.75) is 20.0 Å². The smallest absolute Gasteiger partial charge is 0.275 e. The molecule has 1 unspecified atom stereocenters. The van der Waals surface area contributed by atoms with E-state index in [1.165, 1.54) is 25.3 Å². The predicted molar refractivity (Wildman–Crippen MR) is 73.1 cm³/mol. The van der Waals surface area contributed by atoms with Crippen molar-refractivity contribution < 1.29 is 19.1 Å². The maximum Gasteiger partial charge on any atom is 0.275 e. The van der Waals surface area contributed by atoms with E-state index in [2.05, 4.69) is 5.43 Å². The zero-order valence-corrected chi connectivity index (χ0v) is 11.7. The van der Waals surface area contributed by atoms with Crippen LogP contribution in [0.2, 0.25) is 0 Å². The van der Waals surface area contributed by atoms with Gasteiger partial charge in [-0.15, -0.1) is 0 Å². The lowest BCUT2D eigenvalue weighted by atomic mass is 10.1. The van der Waals surface area contributed by atoms with Gasteiger partial charge in [0.2, 0.25) is 5.91 Å². The van der Waals surface area contributed by atoms with Crippen LogP contribution in [0.3, 0.4) is 0 Å². The van der Waals surface area contributed by atoms with Crippen molar-refractivity contribution in [2.75, 3.05) is 7.11 Å². The van der Waals surface area contributed by atoms with E-state index < -0.39 is 17.9 Å². The number of rotatable bonds is 6. The Morgan fingerprint density at radius 2 is 1.90 bits per heavy atom. The molecule has 1 atom stereocenters. The molecule has 7 nitrogen and oxygen atoms in total. The van der Waals surface area contributed by atoms with Gasteiger partial charge in [0.15, 0.2) is 17.6 Å². The average molecular weight is 281 g/mol. The number of primary amides is 1. The van der Waals surface area contributed by atoms with Gasteiger partial charge in [0, 0.05) is 5.56 Å². The summed E-state index contributed by atoms with van der Waals surface area (Å²) in [7, 11) is 1.43. The second kappa shape index (κ2) is 6.76. The van der Waals surface area contributed by atoms with Crippen LogP contribution >= 0.6 is 0 Å². The van der Waals surface area contributed by atoms with E-state index in [9.17, 15) is 9.59 Å². The van der Waals surface area contributed by atoms with Crippen LogP contribution in [0, 0.1) is 5.92 Å². The first kappa shape index (κ1) is 15.8. The second-order valence-corrected chi connectivity index (χ2v) is 4.52. The first-order chi connectivity index (χ1) is 9.40. The standard InChI is InChI=1S/C13H19N3O4/c1-7(2)11(13(18)16-15)20-9-5-4-8(12(14)17)6-10(9)19-3/h4-7,11H,15H2,1-3H3,(H2,14,17)(H,16,18). The van der Waals surface area contributed by atoms with Crippen LogP contribution in [-0.2, 0) is 4.79 Å². The molecule has 0 aliphatic carbocycles. The Kier molecular flexibility index (Phi) is 5.33. The SMILES string of the molecule is COc1cc(C(N)=O)ccc1OC(C(=O)NN)C(C)C. The molecule has 1 rings (SSSR count). The molecule has 0 saturated carbocycles. The highest BCUT2D eigenvalue weighted by Gasteiger charge is 2.25. The maximum atomic E-state index is 11.7. The zero-order chi connectivity index (χ0) is 15.3. The predicted octanol–water partition coefficient (Wildman–Crippen LogP) is 0.187. The third-order valence-electron chi connectivity index (χ3n) is 2.71. The maximum absolute atomic E-state index is 11.7. The van der Waals surface area contributed by atoms with E-state index in [0.29, 0.717) is 17.1 Å². The van der Waals surface area contributed by atoms with Crippen LogP contribution in [0.25, 0.3) is 0 Å². The molecule has 5 N–H and O–H groups in total. The second-order valence-electron chi connectivity index (χ2n) is 4.52. The van der Waals surface area contributed by atoms with Crippen LogP contribution in [0.4, 0.5) is 0 Å². The summed E-state index contributed by atoms with van der Waals surface area (Å²) in [4.78, 5) is 22.8. The van der Waals surface area contributed by atoms with Crippen molar-refractivity contribution in [1.82, 2.24) is 5.43 Å². The minimum atomic E-state index is -0.770. The number of carbonyl (C=O) groups is 2. The van der Waals surface area contributed by atoms with Crippen molar-refractivity contribution in [3.8, 4) is 11.5 Å². The summed E-state index contributed by atoms with van der Waals surface area (Å²) in [5.74, 6) is 4.66. The summed E-state index contributed by atoms with van der Waals surface area (Å²) in [6.07, 6.45) is -0.770. The lowest BCUT2D eigenvalue weighted by molar-refractivity contribution is -0.129. The Labute approximate surface area is 117 Å². The largest absolute Gasteiger partial charge is 0.493 e. The van der Waals surface area contributed by atoms with Gasteiger partial charge in [-0.25, -0.2) is 5.84 Å². The van der Waals surface area contributed by atoms with Crippen molar-refractivity contribution >= 4 is 11.8 Å². The Morgan fingerprint density at radius 3 is 2.35 bits per heavy atom. The minimum Gasteiger partial charge on any atom is -0.493 e. The fourth-order valence-corrected chi connectivity index (χ4v) is 1.63. The van der Waals surface area contributed by atoms with Gasteiger partial charge in [-0.2, -0.15) is 0 Å². The van der Waals surface area contributed by atoms with E-state index >= 15 is 0 Å². The quantitative estimate of drug-likeness (QED) is 0.391. The molecule has 1 aromatic carbocycles. The van der Waals surface area contributed by atoms with Gasteiger partial charge in [0.25, 0.3) is 5.91 Å². The van der Waals surface area contributed by atoms with Crippen molar-refractivity contribution in [2.24, 2.45) is 17.5 Å². The topological polar surface area (TPSA) is 117 Å². The van der Waals surface area contributed by atoms with Gasteiger partial charge in [-0.3, -0.25) is 15.0 Å². The molecule has 0 spiro atoms. The fourth-order valence-electron chi connectivity index (χ4n) is 1.63. The molecular formula is C13H19N3O4. The fraction of sp³-hybridized carbons (Fsp3) is 0.385. The number of benzene rings is 1. The summed E-state index contributed by atoms with van der Waals surface area (Å²) in [6, 6.07) is 4.48. The molecule has 0 saturated heterocycles. The number of carbonyl (C=O) groups excluding carboxylic acids is 2. The molecule has 7 heteroatoms. The Morgan fingerprint density at radius 1 is 1.25 bits per heavy atom. The summed E-state index contributed by atoms with van der Waals surface area (Å²) in [5, 5.41) is 0. The van der Waals surface area contributed by atoms with Gasteiger partial charge >= 0.3 is 0 Å². The number of ether oxygens (including phenoxy) is 2. The molecule has 0 radical (unpaired) electrons. The number of methoxy groups -OCH3 is 1. The van der Waals surface area contributed by atoms with Crippen LogP contribution in [-0.4, -0.2) is 25.0 Å². The molecular weight excluding hydrogens is 262 g/mol. The first-order valence-corrected chi connectivity index (χ1v) is 6.05. The molecule has 1 aromatic rings. The van der Waals surface area contributed by atoms with Crippen LogP contribution in [0.1, 0.15) is 24.2 Å². The average Bonchev–Trinajstić information content (AvgIpc) is 2.43. The van der Waals surface area contributed by atoms with Gasteiger partial charge < -0.3 is 15.2 Å². The van der Waals surface area contributed by atoms with Crippen molar-refractivity contribution in [1.29, 1.82) is 0 Å². The van der Waals surface area contributed by atoms with Gasteiger partial charge in [-0.1, -0.05) is 13.8 Å². The molecule has 0 bridgehead atoms. The Bertz CT molecular complexity index is 502. The van der Waals surface area contributed by atoms with Gasteiger partial charge in [0.1, 0.15) is 0 Å². The molecule has 0 fully saturated rings. The summed E-state index contributed by atoms with van der Waals surface area (Å²) >= 11 is 0. The first-order valence-electron chi connectivity index (χ1n) is 6.05. The Balaban J connectivity index is 3.06. The molecule has 0 aromatic heterocycles. The monoisotopic (exact) mass is 281 g/mol. The number of hydrazine groups is 1. The molecule has 0 heterocycles. The minimum absolute atomic E-state index is 0.0981. The lowest BCUT2D eigenvalue weighted by Crippen LogP contribution is -2.44. The van der Waals surface area contributed by atoms with Crippen molar-refractivity contribution in [3.05, 3.63) is 23.8 Å². The van der Waals surface area contributed by atoms with Crippen LogP contribution in [0.5, 0.6) is 11.5 Å². The number of nitrogens with one attached hydrogen (secondary N) is 1. The highest BCUT2D eigenvalue weighted by molar-refractivity contribution is 5.93. The zero-order valence-electron chi connectivity index (χ0n) is 11.7. The van der Waals surface area contributed by atoms with E-state index in [0.717, 1.165) is 0 Å². The van der Waals surface area contributed by atoms with Crippen LogP contribution < -0.4 is 26.5 Å². The highest BCUT2D eigenvalue weighted by Crippen LogP contribution is 2.30. The van der Waals surface area contributed by atoms with E-state index in [1.807, 2.05) is 13.8 Å². The highest BCUT2D eigenvalue weighted by atomic mass is 16.5. The van der Waals surface area contributed by atoms with Crippen molar-refractivity contribution in [3.63, 3.8) is 0 Å². The number of nitrogens with two attached hydrogens (primary N) is 2. The van der Waals surface area contributed by atoms with Gasteiger partial charge in [-0.05, 0) is 24.1 Å². The summed E-state index contributed by atoms with van der Waals surface area (Å²) < 4.78 is 10.8. The third-order valence-corrected chi connectivity index (χ3v) is 2.71. The Hall–Kier alpha value is -2.28. The molecule has 2 amide bonds. The molecule has 0 aliphatic heterocycles. The van der Waals surface area contributed by atoms with E-state index in [1.54, 1.807) is 0 Å². The number of hydrogen-bond donors (Lipinski definition) is 3. The molecule has 110 valence electrons. The molecule has 0 aliphatic rings.